The van der Waals surface area contributed by atoms with Gasteiger partial charge in [-0.2, -0.15) is 0 Å². The molecule has 56 valence electrons. The monoisotopic (exact) mass is 322 g/mol. The van der Waals surface area contributed by atoms with Crippen molar-refractivity contribution in [1.82, 2.24) is 9.38 Å². The summed E-state index contributed by atoms with van der Waals surface area (Å²) in [6.07, 6.45) is 1.98. The summed E-state index contributed by atoms with van der Waals surface area (Å²) in [4.78, 5) is 4.26. The van der Waals surface area contributed by atoms with Crippen LogP contribution in [0.15, 0.2) is 29.1 Å². The lowest BCUT2D eigenvalue weighted by Crippen LogP contribution is -1.80. The summed E-state index contributed by atoms with van der Waals surface area (Å²) in [7, 11) is 0. The summed E-state index contributed by atoms with van der Waals surface area (Å²) >= 11 is 5.58. The fraction of sp³-hybridized carbons (Fsp3) is 0. The first kappa shape index (κ1) is 7.54. The molecule has 0 aromatic carbocycles. The van der Waals surface area contributed by atoms with Crippen molar-refractivity contribution in [2.24, 2.45) is 0 Å². The molecule has 11 heavy (non-hydrogen) atoms. The van der Waals surface area contributed by atoms with Crippen LogP contribution in [0.3, 0.4) is 0 Å². The van der Waals surface area contributed by atoms with Gasteiger partial charge in [0.2, 0.25) is 0 Å². The number of hydrogen-bond acceptors (Lipinski definition) is 1. The molecule has 0 aliphatic rings. The number of aromatic nitrogens is 2. The Kier molecular flexibility index (Phi) is 1.88. The SMILES string of the molecule is Brc1nc(I)c2ccccn12. The maximum atomic E-state index is 4.26. The van der Waals surface area contributed by atoms with E-state index < -0.39 is 0 Å². The third-order valence-corrected chi connectivity index (χ3v) is 2.81. The normalized spacial score (nSPS) is 10.7. The van der Waals surface area contributed by atoms with Crippen LogP contribution in [-0.4, -0.2) is 9.38 Å². The summed E-state index contributed by atoms with van der Waals surface area (Å²) in [6.45, 7) is 0. The van der Waals surface area contributed by atoms with Crippen LogP contribution in [0.5, 0.6) is 0 Å². The first-order valence-electron chi connectivity index (χ1n) is 3.07. The summed E-state index contributed by atoms with van der Waals surface area (Å²) in [5.74, 6) is 0. The lowest BCUT2D eigenvalue weighted by molar-refractivity contribution is 1.10. The van der Waals surface area contributed by atoms with E-state index in [0.717, 1.165) is 14.0 Å². The first-order valence-corrected chi connectivity index (χ1v) is 4.94. The van der Waals surface area contributed by atoms with Crippen molar-refractivity contribution in [1.29, 1.82) is 0 Å². The molecule has 0 unspecified atom stereocenters. The molecule has 0 saturated carbocycles. The number of halogens is 2. The van der Waals surface area contributed by atoms with Crippen molar-refractivity contribution in [3.05, 3.63) is 32.8 Å². The van der Waals surface area contributed by atoms with Crippen LogP contribution in [0.25, 0.3) is 5.52 Å². The molecule has 2 aromatic rings. The van der Waals surface area contributed by atoms with E-state index in [0.29, 0.717) is 0 Å². The van der Waals surface area contributed by atoms with Crippen LogP contribution >= 0.6 is 38.5 Å². The van der Waals surface area contributed by atoms with Crippen LogP contribution in [0, 0.1) is 3.70 Å². The van der Waals surface area contributed by atoms with Gasteiger partial charge in [-0.3, -0.25) is 4.40 Å². The quantitative estimate of drug-likeness (QED) is 0.682. The minimum atomic E-state index is 0.859. The number of imidazole rings is 1. The van der Waals surface area contributed by atoms with Crippen LogP contribution < -0.4 is 0 Å². The molecule has 2 rings (SSSR count). The Morgan fingerprint density at radius 2 is 2.27 bits per heavy atom. The Morgan fingerprint density at radius 1 is 1.45 bits per heavy atom. The summed E-state index contributed by atoms with van der Waals surface area (Å²) in [5.41, 5.74) is 1.14. The van der Waals surface area contributed by atoms with E-state index in [1.165, 1.54) is 0 Å². The Bertz CT molecular complexity index is 360. The summed E-state index contributed by atoms with van der Waals surface area (Å²) in [5, 5.41) is 0. The highest BCUT2D eigenvalue weighted by Gasteiger charge is 2.03. The molecule has 0 aliphatic carbocycles. The molecule has 0 aliphatic heterocycles. The maximum absolute atomic E-state index is 4.26. The molecule has 2 nitrogen and oxygen atoms in total. The van der Waals surface area contributed by atoms with Gasteiger partial charge in [-0.25, -0.2) is 4.98 Å². The van der Waals surface area contributed by atoms with Gasteiger partial charge in [-0.1, -0.05) is 6.07 Å². The lowest BCUT2D eigenvalue weighted by atomic mass is 10.4. The van der Waals surface area contributed by atoms with Gasteiger partial charge in [-0.05, 0) is 50.7 Å². The third-order valence-electron chi connectivity index (χ3n) is 1.46. The van der Waals surface area contributed by atoms with Crippen LogP contribution in [0.2, 0.25) is 0 Å². The van der Waals surface area contributed by atoms with Gasteiger partial charge in [0, 0.05) is 6.20 Å². The van der Waals surface area contributed by atoms with E-state index in [1.54, 1.807) is 0 Å². The molecule has 0 fully saturated rings. The number of rotatable bonds is 0. The molecule has 0 radical (unpaired) electrons. The van der Waals surface area contributed by atoms with Gasteiger partial charge in [0.25, 0.3) is 0 Å². The first-order chi connectivity index (χ1) is 5.29. The number of hydrogen-bond donors (Lipinski definition) is 0. The van der Waals surface area contributed by atoms with E-state index in [-0.39, 0.29) is 0 Å². The van der Waals surface area contributed by atoms with Crippen molar-refractivity contribution in [3.63, 3.8) is 0 Å². The molecule has 0 N–H and O–H groups in total. The smallest absolute Gasteiger partial charge is 0.182 e. The molecule has 0 spiro atoms. The highest BCUT2D eigenvalue weighted by molar-refractivity contribution is 14.1. The second-order valence-corrected chi connectivity index (χ2v) is 3.86. The van der Waals surface area contributed by atoms with Gasteiger partial charge in [-0.15, -0.1) is 0 Å². The minimum absolute atomic E-state index is 0.859. The number of pyridine rings is 1. The third kappa shape index (κ3) is 1.18. The standard InChI is InChI=1S/C7H4BrIN2/c8-7-10-6(9)5-3-1-2-4-11(5)7/h1-4H. The fourth-order valence-electron chi connectivity index (χ4n) is 0.964. The molecule has 0 atom stereocenters. The topological polar surface area (TPSA) is 17.3 Å². The highest BCUT2D eigenvalue weighted by Crippen LogP contribution is 2.17. The molecule has 4 heteroatoms. The van der Waals surface area contributed by atoms with Crippen molar-refractivity contribution < 1.29 is 0 Å². The van der Waals surface area contributed by atoms with Crippen molar-refractivity contribution in [3.8, 4) is 0 Å². The second kappa shape index (κ2) is 2.75. The fourth-order valence-corrected chi connectivity index (χ4v) is 2.45. The number of fused-ring (bicyclic) bond motifs is 1. The molecular formula is C7H4BrIN2. The Labute approximate surface area is 85.9 Å². The highest BCUT2D eigenvalue weighted by atomic mass is 127. The van der Waals surface area contributed by atoms with Crippen molar-refractivity contribution in [2.75, 3.05) is 0 Å². The zero-order chi connectivity index (χ0) is 7.84. The predicted octanol–water partition coefficient (Wildman–Crippen LogP) is 2.70. The second-order valence-electron chi connectivity index (χ2n) is 2.13. The van der Waals surface area contributed by atoms with E-state index in [1.807, 2.05) is 28.8 Å². The van der Waals surface area contributed by atoms with E-state index in [2.05, 4.69) is 43.5 Å². The van der Waals surface area contributed by atoms with E-state index in [4.69, 9.17) is 0 Å². The largest absolute Gasteiger partial charge is 0.293 e. The minimum Gasteiger partial charge on any atom is -0.293 e. The van der Waals surface area contributed by atoms with Crippen LogP contribution in [0.1, 0.15) is 0 Å². The van der Waals surface area contributed by atoms with Gasteiger partial charge in [0.15, 0.2) is 4.73 Å². The van der Waals surface area contributed by atoms with Crippen LogP contribution in [-0.2, 0) is 0 Å². The van der Waals surface area contributed by atoms with Gasteiger partial charge in [0.1, 0.15) is 3.70 Å². The molecule has 2 aromatic heterocycles. The average molecular weight is 323 g/mol. The Morgan fingerprint density at radius 3 is 3.00 bits per heavy atom. The predicted molar refractivity (Wildman–Crippen MR) is 55.6 cm³/mol. The average Bonchev–Trinajstić information content (AvgIpc) is 2.30. The molecule has 0 bridgehead atoms. The zero-order valence-electron chi connectivity index (χ0n) is 5.46. The number of nitrogens with zero attached hydrogens (tertiary/aromatic N) is 2. The zero-order valence-corrected chi connectivity index (χ0v) is 9.20. The lowest BCUT2D eigenvalue weighted by Gasteiger charge is -1.91. The van der Waals surface area contributed by atoms with Gasteiger partial charge in [0.05, 0.1) is 5.52 Å². The molecular weight excluding hydrogens is 319 g/mol. The Hall–Kier alpha value is -0.100. The molecule has 2 heterocycles. The van der Waals surface area contributed by atoms with Crippen molar-refractivity contribution >= 4 is 44.0 Å². The maximum Gasteiger partial charge on any atom is 0.182 e. The Balaban J connectivity index is 2.95. The molecule has 0 saturated heterocycles. The van der Waals surface area contributed by atoms with Gasteiger partial charge >= 0.3 is 0 Å². The van der Waals surface area contributed by atoms with Gasteiger partial charge < -0.3 is 0 Å². The van der Waals surface area contributed by atoms with Crippen molar-refractivity contribution in [2.45, 2.75) is 0 Å². The summed E-state index contributed by atoms with van der Waals surface area (Å²) in [6, 6.07) is 6.03. The van der Waals surface area contributed by atoms with E-state index in [9.17, 15) is 0 Å². The van der Waals surface area contributed by atoms with Crippen LogP contribution in [0.4, 0.5) is 0 Å². The molecule has 0 amide bonds. The summed E-state index contributed by atoms with van der Waals surface area (Å²) < 4.78 is 3.88. The van der Waals surface area contributed by atoms with E-state index >= 15 is 0 Å².